The van der Waals surface area contributed by atoms with E-state index in [1.165, 1.54) is 0 Å². The molecule has 0 radical (unpaired) electrons. The summed E-state index contributed by atoms with van der Waals surface area (Å²) in [6.07, 6.45) is 2.77. The Morgan fingerprint density at radius 3 is 2.93 bits per heavy atom. The summed E-state index contributed by atoms with van der Waals surface area (Å²) in [5.41, 5.74) is 0. The molecule has 5 heteroatoms. The number of aliphatic hydroxyl groups is 1. The van der Waals surface area contributed by atoms with E-state index in [0.29, 0.717) is 30.3 Å². The minimum atomic E-state index is -0.214. The van der Waals surface area contributed by atoms with Crippen LogP contribution in [0.4, 0.5) is 0 Å². The lowest BCUT2D eigenvalue weighted by atomic mass is 9.82. The number of hydrogen-bond donors (Lipinski definition) is 1. The Balaban J connectivity index is 1.82. The summed E-state index contributed by atoms with van der Waals surface area (Å²) in [6, 6.07) is 3.56. The van der Waals surface area contributed by atoms with Gasteiger partial charge in [-0.25, -0.2) is 0 Å². The van der Waals surface area contributed by atoms with Crippen molar-refractivity contribution in [3.05, 3.63) is 24.3 Å². The molecule has 3 rings (SSSR count). The van der Waals surface area contributed by atoms with Crippen molar-refractivity contribution >= 4 is 0 Å². The second-order valence-corrected chi connectivity index (χ2v) is 3.76. The van der Waals surface area contributed by atoms with Crippen molar-refractivity contribution in [3.8, 4) is 11.6 Å². The van der Waals surface area contributed by atoms with Gasteiger partial charge in [-0.15, -0.1) is 0 Å². The number of aliphatic hydroxyl groups excluding tert-OH is 1. The normalized spacial score (nSPS) is 25.1. The van der Waals surface area contributed by atoms with Crippen LogP contribution in [0, 0.1) is 0 Å². The molecule has 1 aliphatic rings. The van der Waals surface area contributed by atoms with Gasteiger partial charge in [0.1, 0.15) is 0 Å². The molecular formula is C10H10N2O3. The van der Waals surface area contributed by atoms with E-state index in [9.17, 15) is 0 Å². The van der Waals surface area contributed by atoms with Crippen LogP contribution in [-0.4, -0.2) is 21.4 Å². The summed E-state index contributed by atoms with van der Waals surface area (Å²) in [5, 5.41) is 13.0. The lowest BCUT2D eigenvalue weighted by Crippen LogP contribution is -2.26. The summed E-state index contributed by atoms with van der Waals surface area (Å²) in [7, 11) is 0. The van der Waals surface area contributed by atoms with Crippen molar-refractivity contribution in [3.63, 3.8) is 0 Å². The van der Waals surface area contributed by atoms with Crippen molar-refractivity contribution in [2.24, 2.45) is 0 Å². The van der Waals surface area contributed by atoms with E-state index in [0.717, 1.165) is 0 Å². The lowest BCUT2D eigenvalue weighted by molar-refractivity contribution is 0.0625. The van der Waals surface area contributed by atoms with Crippen LogP contribution in [0.5, 0.6) is 0 Å². The quantitative estimate of drug-likeness (QED) is 0.807. The molecule has 1 saturated carbocycles. The molecule has 2 aromatic heterocycles. The molecule has 0 saturated heterocycles. The van der Waals surface area contributed by atoms with E-state index < -0.39 is 0 Å². The van der Waals surface area contributed by atoms with E-state index >= 15 is 0 Å². The molecule has 0 aliphatic heterocycles. The Bertz CT molecular complexity index is 443. The first-order chi connectivity index (χ1) is 7.33. The van der Waals surface area contributed by atoms with Gasteiger partial charge < -0.3 is 14.0 Å². The number of furan rings is 1. The minimum Gasteiger partial charge on any atom is -0.461 e. The third kappa shape index (κ3) is 1.45. The molecule has 0 bridgehead atoms. The van der Waals surface area contributed by atoms with Crippen molar-refractivity contribution < 1.29 is 14.0 Å². The van der Waals surface area contributed by atoms with E-state index in [1.807, 2.05) is 0 Å². The molecule has 0 spiro atoms. The van der Waals surface area contributed by atoms with Gasteiger partial charge in [0.05, 0.1) is 12.4 Å². The second kappa shape index (κ2) is 3.20. The Labute approximate surface area is 85.7 Å². The highest BCUT2D eigenvalue weighted by molar-refractivity contribution is 5.44. The van der Waals surface area contributed by atoms with E-state index in [1.54, 1.807) is 18.4 Å². The van der Waals surface area contributed by atoms with Crippen LogP contribution in [0.3, 0.4) is 0 Å². The Kier molecular flexibility index (Phi) is 1.85. The summed E-state index contributed by atoms with van der Waals surface area (Å²) < 4.78 is 10.3. The van der Waals surface area contributed by atoms with Gasteiger partial charge in [0.25, 0.3) is 0 Å². The van der Waals surface area contributed by atoms with Crippen LogP contribution in [0.25, 0.3) is 11.6 Å². The van der Waals surface area contributed by atoms with E-state index in [-0.39, 0.29) is 12.0 Å². The predicted molar refractivity (Wildman–Crippen MR) is 50.0 cm³/mol. The highest BCUT2D eigenvalue weighted by Gasteiger charge is 2.33. The van der Waals surface area contributed by atoms with Gasteiger partial charge >= 0.3 is 0 Å². The molecule has 15 heavy (non-hydrogen) atoms. The Hall–Kier alpha value is -1.62. The maximum Gasteiger partial charge on any atom is 0.238 e. The van der Waals surface area contributed by atoms with Crippen LogP contribution in [0.1, 0.15) is 24.7 Å². The molecule has 2 heterocycles. The van der Waals surface area contributed by atoms with Crippen molar-refractivity contribution in [2.45, 2.75) is 24.9 Å². The number of aromatic nitrogens is 2. The summed E-state index contributed by atoms with van der Waals surface area (Å²) in [5.74, 6) is 1.86. The third-order valence-electron chi connectivity index (χ3n) is 2.65. The fourth-order valence-electron chi connectivity index (χ4n) is 1.70. The molecule has 0 atom stereocenters. The number of hydrogen-bond acceptors (Lipinski definition) is 5. The van der Waals surface area contributed by atoms with Gasteiger partial charge in [-0.2, -0.15) is 4.98 Å². The third-order valence-corrected chi connectivity index (χ3v) is 2.65. The monoisotopic (exact) mass is 206 g/mol. The molecule has 0 aromatic carbocycles. The molecule has 1 fully saturated rings. The van der Waals surface area contributed by atoms with Gasteiger partial charge in [-0.1, -0.05) is 5.16 Å². The van der Waals surface area contributed by atoms with Gasteiger partial charge in [0, 0.05) is 5.92 Å². The maximum absolute atomic E-state index is 9.16. The molecule has 5 nitrogen and oxygen atoms in total. The summed E-state index contributed by atoms with van der Waals surface area (Å²) >= 11 is 0. The van der Waals surface area contributed by atoms with E-state index in [4.69, 9.17) is 14.0 Å². The van der Waals surface area contributed by atoms with Crippen molar-refractivity contribution in [1.29, 1.82) is 0 Å². The van der Waals surface area contributed by atoms with Crippen molar-refractivity contribution in [2.75, 3.05) is 0 Å². The summed E-state index contributed by atoms with van der Waals surface area (Å²) in [6.45, 7) is 0. The SMILES string of the molecule is OC1CC(c2nc(-c3ccco3)no2)C1. The van der Waals surface area contributed by atoms with Gasteiger partial charge in [0.15, 0.2) is 5.76 Å². The Morgan fingerprint density at radius 1 is 1.40 bits per heavy atom. The zero-order valence-corrected chi connectivity index (χ0v) is 7.96. The number of nitrogens with zero attached hydrogens (tertiary/aromatic N) is 2. The molecular weight excluding hydrogens is 196 g/mol. The predicted octanol–water partition coefficient (Wildman–Crippen LogP) is 1.57. The van der Waals surface area contributed by atoms with Gasteiger partial charge in [-0.3, -0.25) is 0 Å². The van der Waals surface area contributed by atoms with Crippen LogP contribution in [-0.2, 0) is 0 Å². The van der Waals surface area contributed by atoms with Crippen LogP contribution in [0.15, 0.2) is 27.3 Å². The smallest absolute Gasteiger partial charge is 0.238 e. The fraction of sp³-hybridized carbons (Fsp3) is 0.400. The molecule has 1 N–H and O–H groups in total. The molecule has 78 valence electrons. The second-order valence-electron chi connectivity index (χ2n) is 3.76. The van der Waals surface area contributed by atoms with Gasteiger partial charge in [0.2, 0.25) is 11.7 Å². The number of rotatable bonds is 2. The topological polar surface area (TPSA) is 72.3 Å². The first kappa shape index (κ1) is 8.67. The zero-order chi connectivity index (χ0) is 10.3. The maximum atomic E-state index is 9.16. The van der Waals surface area contributed by atoms with Crippen LogP contribution < -0.4 is 0 Å². The highest BCUT2D eigenvalue weighted by atomic mass is 16.5. The average molecular weight is 206 g/mol. The Morgan fingerprint density at radius 2 is 2.27 bits per heavy atom. The zero-order valence-electron chi connectivity index (χ0n) is 7.96. The highest BCUT2D eigenvalue weighted by Crippen LogP contribution is 2.36. The van der Waals surface area contributed by atoms with Crippen LogP contribution in [0.2, 0.25) is 0 Å². The largest absolute Gasteiger partial charge is 0.461 e. The molecule has 0 unspecified atom stereocenters. The van der Waals surface area contributed by atoms with Crippen LogP contribution >= 0.6 is 0 Å². The molecule has 0 amide bonds. The fourth-order valence-corrected chi connectivity index (χ4v) is 1.70. The first-order valence-corrected chi connectivity index (χ1v) is 4.88. The first-order valence-electron chi connectivity index (χ1n) is 4.88. The van der Waals surface area contributed by atoms with Crippen molar-refractivity contribution in [1.82, 2.24) is 10.1 Å². The average Bonchev–Trinajstić information content (AvgIpc) is 2.83. The molecule has 1 aliphatic carbocycles. The standard InChI is InChI=1S/C10H10N2O3/c13-7-4-6(5-7)10-11-9(12-15-10)8-2-1-3-14-8/h1-3,6-7,13H,4-5H2. The summed E-state index contributed by atoms with van der Waals surface area (Å²) in [4.78, 5) is 4.23. The lowest BCUT2D eigenvalue weighted by Gasteiger charge is -2.27. The molecule has 2 aromatic rings. The van der Waals surface area contributed by atoms with Gasteiger partial charge in [-0.05, 0) is 25.0 Å². The van der Waals surface area contributed by atoms with E-state index in [2.05, 4.69) is 10.1 Å². The minimum absolute atomic E-state index is 0.205.